The van der Waals surface area contributed by atoms with Crippen LogP contribution in [0.3, 0.4) is 0 Å². The van der Waals surface area contributed by atoms with Crippen molar-refractivity contribution in [3.8, 4) is 0 Å². The molecule has 1 atom stereocenters. The first kappa shape index (κ1) is 24.1. The van der Waals surface area contributed by atoms with Crippen LogP contribution in [0.2, 0.25) is 0 Å². The standard InChI is InChI=1S/C27H24N6O3S/c1-17-20-11-7-8-14-23(20)33(31-17)27(36)30-29-26(37)28-19(15-18-9-3-2-4-10-18)16-32-24(34)21-12-5-6-13-22(21)25(32)35/h2-14,19H,15-16H2,1H3,(H,30,36)(H2,28,29,37)/t19-/m0/s1. The zero-order valence-corrected chi connectivity index (χ0v) is 20.8. The Labute approximate surface area is 218 Å². The van der Waals surface area contributed by atoms with Gasteiger partial charge in [0.25, 0.3) is 11.8 Å². The number of amides is 3. The van der Waals surface area contributed by atoms with E-state index in [4.69, 9.17) is 12.2 Å². The van der Waals surface area contributed by atoms with E-state index in [2.05, 4.69) is 21.3 Å². The summed E-state index contributed by atoms with van der Waals surface area (Å²) in [7, 11) is 0. The molecule has 3 N–H and O–H groups in total. The molecule has 0 unspecified atom stereocenters. The van der Waals surface area contributed by atoms with Crippen molar-refractivity contribution >= 4 is 46.1 Å². The highest BCUT2D eigenvalue weighted by atomic mass is 32.1. The smallest absolute Gasteiger partial charge is 0.356 e. The van der Waals surface area contributed by atoms with Gasteiger partial charge >= 0.3 is 6.03 Å². The van der Waals surface area contributed by atoms with E-state index in [0.29, 0.717) is 23.1 Å². The zero-order chi connectivity index (χ0) is 25.9. The molecule has 1 aliphatic rings. The fourth-order valence-electron chi connectivity index (χ4n) is 4.45. The number of thiocarbonyl (C=S) groups is 1. The number of hydrogen-bond donors (Lipinski definition) is 3. The van der Waals surface area contributed by atoms with Crippen LogP contribution >= 0.6 is 12.2 Å². The van der Waals surface area contributed by atoms with Crippen LogP contribution in [0.4, 0.5) is 4.79 Å². The van der Waals surface area contributed by atoms with Crippen LogP contribution in [0.1, 0.15) is 32.0 Å². The number of aromatic nitrogens is 2. The fourth-order valence-corrected chi connectivity index (χ4v) is 4.66. The molecule has 0 saturated carbocycles. The van der Waals surface area contributed by atoms with Crippen molar-refractivity contribution < 1.29 is 14.4 Å². The summed E-state index contributed by atoms with van der Waals surface area (Å²) in [4.78, 5) is 39.9. The summed E-state index contributed by atoms with van der Waals surface area (Å²) < 4.78 is 1.26. The second-order valence-electron chi connectivity index (χ2n) is 8.70. The van der Waals surface area contributed by atoms with Crippen LogP contribution in [0, 0.1) is 6.92 Å². The minimum Gasteiger partial charge on any atom is -0.356 e. The van der Waals surface area contributed by atoms with Crippen molar-refractivity contribution in [3.63, 3.8) is 0 Å². The second kappa shape index (κ2) is 10.2. The van der Waals surface area contributed by atoms with Gasteiger partial charge in [0.15, 0.2) is 5.11 Å². The lowest BCUT2D eigenvalue weighted by Gasteiger charge is -2.25. The van der Waals surface area contributed by atoms with E-state index in [1.165, 1.54) is 9.58 Å². The third-order valence-corrected chi connectivity index (χ3v) is 6.41. The highest BCUT2D eigenvalue weighted by Crippen LogP contribution is 2.23. The number of hydrogen-bond acceptors (Lipinski definition) is 5. The first-order chi connectivity index (χ1) is 17.9. The Bertz CT molecular complexity index is 1480. The Kier molecular flexibility index (Phi) is 6.65. The monoisotopic (exact) mass is 512 g/mol. The van der Waals surface area contributed by atoms with E-state index in [-0.39, 0.29) is 23.5 Å². The minimum absolute atomic E-state index is 0.0972. The number of para-hydroxylation sites is 1. The molecule has 0 bridgehead atoms. The van der Waals surface area contributed by atoms with Gasteiger partial charge in [0.1, 0.15) is 0 Å². The summed E-state index contributed by atoms with van der Waals surface area (Å²) in [6.07, 6.45) is 0.493. The Balaban J connectivity index is 1.28. The molecule has 4 aromatic rings. The van der Waals surface area contributed by atoms with Crippen molar-refractivity contribution in [3.05, 3.63) is 101 Å². The van der Waals surface area contributed by atoms with Gasteiger partial charge in [-0.15, -0.1) is 0 Å². The maximum atomic E-state index is 12.9. The van der Waals surface area contributed by atoms with E-state index >= 15 is 0 Å². The minimum atomic E-state index is -0.506. The number of benzene rings is 3. The Morgan fingerprint density at radius 3 is 2.22 bits per heavy atom. The molecule has 10 heteroatoms. The van der Waals surface area contributed by atoms with Gasteiger partial charge in [0.05, 0.1) is 28.4 Å². The maximum absolute atomic E-state index is 12.9. The van der Waals surface area contributed by atoms with Gasteiger partial charge < -0.3 is 5.32 Å². The Hall–Kier alpha value is -4.57. The molecular weight excluding hydrogens is 488 g/mol. The van der Waals surface area contributed by atoms with Crippen molar-refractivity contribution in [2.45, 2.75) is 19.4 Å². The Morgan fingerprint density at radius 2 is 1.51 bits per heavy atom. The quantitative estimate of drug-likeness (QED) is 0.214. The van der Waals surface area contributed by atoms with Crippen LogP contribution < -0.4 is 16.2 Å². The van der Waals surface area contributed by atoms with Crippen LogP contribution in [0.15, 0.2) is 78.9 Å². The largest absolute Gasteiger partial charge is 0.361 e. The molecule has 0 fully saturated rings. The number of carbonyl (C=O) groups excluding carboxylic acids is 3. The van der Waals surface area contributed by atoms with Crippen molar-refractivity contribution in [1.82, 2.24) is 30.8 Å². The van der Waals surface area contributed by atoms with Crippen LogP contribution in [0.5, 0.6) is 0 Å². The summed E-state index contributed by atoms with van der Waals surface area (Å²) >= 11 is 5.43. The molecule has 9 nitrogen and oxygen atoms in total. The fraction of sp³-hybridized carbons (Fsp3) is 0.148. The first-order valence-corrected chi connectivity index (χ1v) is 12.1. The molecular formula is C27H24N6O3S. The average Bonchev–Trinajstić information content (AvgIpc) is 3.37. The normalized spacial score (nSPS) is 13.4. The third kappa shape index (κ3) is 4.91. The molecule has 3 amide bonds. The summed E-state index contributed by atoms with van der Waals surface area (Å²) in [6.45, 7) is 1.93. The Morgan fingerprint density at radius 1 is 0.892 bits per heavy atom. The van der Waals surface area contributed by atoms with Gasteiger partial charge in [-0.3, -0.25) is 19.9 Å². The summed E-state index contributed by atoms with van der Waals surface area (Å²) in [5, 5.41) is 8.46. The van der Waals surface area contributed by atoms with Gasteiger partial charge in [-0.05, 0) is 49.3 Å². The highest BCUT2D eigenvalue weighted by Gasteiger charge is 2.36. The topological polar surface area (TPSA) is 108 Å². The third-order valence-electron chi connectivity index (χ3n) is 6.19. The predicted molar refractivity (Wildman–Crippen MR) is 143 cm³/mol. The lowest BCUT2D eigenvalue weighted by molar-refractivity contribution is 0.0641. The summed E-state index contributed by atoms with van der Waals surface area (Å²) in [5.41, 5.74) is 8.45. The summed E-state index contributed by atoms with van der Waals surface area (Å²) in [6, 6.07) is 23.0. The van der Waals surface area contributed by atoms with Crippen LogP contribution in [0.25, 0.3) is 10.9 Å². The molecule has 0 radical (unpaired) electrons. The number of hydrazine groups is 1. The predicted octanol–water partition coefficient (Wildman–Crippen LogP) is 3.19. The molecule has 37 heavy (non-hydrogen) atoms. The zero-order valence-electron chi connectivity index (χ0n) is 20.0. The van der Waals surface area contributed by atoms with Gasteiger partial charge in [-0.25, -0.2) is 10.2 Å². The number of nitrogens with zero attached hydrogens (tertiary/aromatic N) is 3. The number of imide groups is 1. The van der Waals surface area contributed by atoms with Crippen molar-refractivity contribution in [1.29, 1.82) is 0 Å². The molecule has 186 valence electrons. The summed E-state index contributed by atoms with van der Waals surface area (Å²) in [5.74, 6) is -0.679. The van der Waals surface area contributed by atoms with E-state index in [0.717, 1.165) is 16.6 Å². The molecule has 3 aromatic carbocycles. The molecule has 1 aliphatic heterocycles. The molecule has 5 rings (SSSR count). The van der Waals surface area contributed by atoms with E-state index in [1.54, 1.807) is 24.3 Å². The first-order valence-electron chi connectivity index (χ1n) is 11.7. The van der Waals surface area contributed by atoms with Crippen LogP contribution in [-0.2, 0) is 6.42 Å². The van der Waals surface area contributed by atoms with Gasteiger partial charge in [0, 0.05) is 11.9 Å². The molecule has 2 heterocycles. The van der Waals surface area contributed by atoms with Crippen LogP contribution in [-0.4, -0.2) is 50.2 Å². The van der Waals surface area contributed by atoms with E-state index in [9.17, 15) is 14.4 Å². The van der Waals surface area contributed by atoms with Crippen molar-refractivity contribution in [2.24, 2.45) is 0 Å². The SMILES string of the molecule is Cc1nn(C(=O)NNC(=S)N[C@@H](Cc2ccccc2)CN2C(=O)c3ccccc3C2=O)c2ccccc12. The highest BCUT2D eigenvalue weighted by molar-refractivity contribution is 7.80. The van der Waals surface area contributed by atoms with Gasteiger partial charge in [0.2, 0.25) is 0 Å². The molecule has 0 saturated heterocycles. The lowest BCUT2D eigenvalue weighted by Crippen LogP contribution is -2.54. The number of rotatable bonds is 5. The second-order valence-corrected chi connectivity index (χ2v) is 9.10. The molecule has 0 spiro atoms. The van der Waals surface area contributed by atoms with E-state index in [1.807, 2.05) is 61.5 Å². The number of carbonyl (C=O) groups is 3. The van der Waals surface area contributed by atoms with E-state index < -0.39 is 12.1 Å². The molecule has 0 aliphatic carbocycles. The number of fused-ring (bicyclic) bond motifs is 2. The number of nitrogens with one attached hydrogen (secondary N) is 3. The van der Waals surface area contributed by atoms with Gasteiger partial charge in [-0.2, -0.15) is 9.78 Å². The maximum Gasteiger partial charge on any atom is 0.361 e. The van der Waals surface area contributed by atoms with Crippen molar-refractivity contribution in [2.75, 3.05) is 6.54 Å². The van der Waals surface area contributed by atoms with Gasteiger partial charge in [-0.1, -0.05) is 60.7 Å². The molecule has 1 aromatic heterocycles. The number of aryl methyl sites for hydroxylation is 1. The average molecular weight is 513 g/mol. The lowest BCUT2D eigenvalue weighted by atomic mass is 10.1.